The number of Topliss-reactive ketones (excluding diaryl/α,β-unsaturated/α-hetero) is 2. The molecule has 82 heavy (non-hydrogen) atoms. The molecule has 0 amide bonds. The smallest absolute Gasteiger partial charge is 1.00 e. The van der Waals surface area contributed by atoms with Crippen molar-refractivity contribution in [2.75, 3.05) is 39.6 Å². The predicted molar refractivity (Wildman–Crippen MR) is 320 cm³/mol. The fourth-order valence-corrected chi connectivity index (χ4v) is 21.9. The number of ether oxygens (including phenoxy) is 6. The van der Waals surface area contributed by atoms with Crippen molar-refractivity contribution in [2.45, 2.75) is 243 Å². The number of allylic oxidation sites excluding steroid dienone is 1. The number of aliphatic hydroxyl groups excluding tert-OH is 4. The van der Waals surface area contributed by atoms with Crippen molar-refractivity contribution in [3.05, 3.63) is 38.0 Å². The van der Waals surface area contributed by atoms with E-state index in [-0.39, 0.29) is 140 Å². The number of ketones is 2. The van der Waals surface area contributed by atoms with E-state index in [4.69, 9.17) is 28.4 Å². The zero-order chi connectivity index (χ0) is 56.9. The standard InChI is InChI=1S/2C22H36O4.C22H32O4.3CH4.Na.H/c3*1-6-19(4)13-16(23)20(5)14(2)7-8-21(15(3)17(19)24)9-10-22(18(20)21)25-11-12-26-22;;;;;/h2*6,14-18,23-24H,1,7-13H2,2-5H3;6,14-15,18H,1,7-13H2,2-5H3;3*1H4;;/q;;;;;;+1;-1/t2*14-,15+,16-,17+,18?,19+,20+,21+;14-,15+,18?,19+,20+,21+;;;;;/m111...../s1. The van der Waals surface area contributed by atoms with Gasteiger partial charge in [0.1, 0.15) is 11.6 Å². The van der Waals surface area contributed by atoms with Crippen molar-refractivity contribution in [2.24, 2.45) is 102 Å². The van der Waals surface area contributed by atoms with E-state index in [0.29, 0.717) is 64.3 Å². The van der Waals surface area contributed by atoms with Crippen molar-refractivity contribution in [3.8, 4) is 0 Å². The van der Waals surface area contributed by atoms with E-state index in [1.54, 1.807) is 6.08 Å². The zero-order valence-corrected chi connectivity index (χ0v) is 53.3. The second-order valence-corrected chi connectivity index (χ2v) is 30.0. The van der Waals surface area contributed by atoms with Gasteiger partial charge in [-0.2, -0.15) is 0 Å². The Labute approximate surface area is 521 Å². The van der Waals surface area contributed by atoms with Gasteiger partial charge in [0.15, 0.2) is 17.4 Å². The molecule has 3 unspecified atom stereocenters. The second kappa shape index (κ2) is 23.5. The summed E-state index contributed by atoms with van der Waals surface area (Å²) in [4.78, 5) is 27.2. The molecule has 3 aliphatic heterocycles. The van der Waals surface area contributed by atoms with Crippen LogP contribution >= 0.6 is 0 Å². The Hall–Kier alpha value is -0.840. The first-order chi connectivity index (χ1) is 36.5. The van der Waals surface area contributed by atoms with Crippen molar-refractivity contribution in [3.63, 3.8) is 0 Å². The fraction of sp³-hybridized carbons (Fsp3) is 0.884. The first kappa shape index (κ1) is 70.2. The third-order valence-corrected chi connectivity index (χ3v) is 27.5. The summed E-state index contributed by atoms with van der Waals surface area (Å²) in [6.45, 7) is 41.5. The average Bonchev–Trinajstić information content (AvgIpc) is 1.88. The van der Waals surface area contributed by atoms with Crippen molar-refractivity contribution in [1.82, 2.24) is 0 Å². The van der Waals surface area contributed by atoms with E-state index < -0.39 is 63.4 Å². The summed E-state index contributed by atoms with van der Waals surface area (Å²) in [5, 5.41) is 45.9. The summed E-state index contributed by atoms with van der Waals surface area (Å²) in [7, 11) is 0. The molecule has 3 saturated heterocycles. The van der Waals surface area contributed by atoms with E-state index in [9.17, 15) is 30.0 Å². The molecular weight excluding hydrogens is 1040 g/mol. The van der Waals surface area contributed by atoms with E-state index in [2.05, 4.69) is 95.9 Å². The summed E-state index contributed by atoms with van der Waals surface area (Å²) >= 11 is 0. The van der Waals surface area contributed by atoms with Crippen LogP contribution in [0.5, 0.6) is 0 Å². The van der Waals surface area contributed by atoms with Gasteiger partial charge in [0.05, 0.1) is 69.5 Å². The van der Waals surface area contributed by atoms with Gasteiger partial charge in [-0.05, 0) is 123 Å². The van der Waals surface area contributed by atoms with Gasteiger partial charge in [-0.1, -0.05) is 117 Å². The van der Waals surface area contributed by atoms with Gasteiger partial charge in [-0.15, -0.1) is 19.7 Å². The quantitative estimate of drug-likeness (QED) is 0.156. The maximum absolute atomic E-state index is 13.7. The number of carbonyl (C=O) groups is 2. The molecule has 6 bridgehead atoms. The summed E-state index contributed by atoms with van der Waals surface area (Å²) in [5.74, 6) is -0.197. The molecule has 0 aromatic rings. The number of carbonyl (C=O) groups excluding carboxylic acids is 2. The number of hydrogen-bond acceptors (Lipinski definition) is 12. The van der Waals surface area contributed by atoms with Gasteiger partial charge in [-0.25, -0.2) is 0 Å². The summed E-state index contributed by atoms with van der Waals surface area (Å²) in [6.07, 6.45) is 16.3. The Bertz CT molecular complexity index is 2250. The fourth-order valence-electron chi connectivity index (χ4n) is 21.9. The van der Waals surface area contributed by atoms with Crippen LogP contribution < -0.4 is 29.6 Å². The summed E-state index contributed by atoms with van der Waals surface area (Å²) < 4.78 is 37.6. The van der Waals surface area contributed by atoms with Gasteiger partial charge < -0.3 is 50.3 Å². The molecule has 0 aromatic carbocycles. The first-order valence-corrected chi connectivity index (χ1v) is 31.0. The van der Waals surface area contributed by atoms with Crippen molar-refractivity contribution in [1.29, 1.82) is 0 Å². The molecule has 466 valence electrons. The second-order valence-electron chi connectivity index (χ2n) is 30.0. The monoisotopic (exact) mass is 1160 g/mol. The van der Waals surface area contributed by atoms with Gasteiger partial charge >= 0.3 is 29.6 Å². The van der Waals surface area contributed by atoms with Crippen LogP contribution in [0.1, 0.15) is 203 Å². The molecule has 12 nitrogen and oxygen atoms in total. The Kier molecular flexibility index (Phi) is 20.1. The van der Waals surface area contributed by atoms with Crippen LogP contribution in [0.15, 0.2) is 38.0 Å². The normalized spacial score (nSPS) is 51.5. The van der Waals surface area contributed by atoms with Crippen molar-refractivity contribution < 1.29 is 89.4 Å². The molecule has 13 heteroatoms. The third kappa shape index (κ3) is 9.37. The molecule has 12 fully saturated rings. The largest absolute Gasteiger partial charge is 1.00 e. The zero-order valence-electron chi connectivity index (χ0n) is 52.3. The Morgan fingerprint density at radius 2 is 0.805 bits per heavy atom. The molecule has 3 heterocycles. The van der Waals surface area contributed by atoms with Gasteiger partial charge in [0, 0.05) is 76.4 Å². The molecule has 9 saturated carbocycles. The molecule has 22 atom stereocenters. The van der Waals surface area contributed by atoms with Crippen LogP contribution in [0.4, 0.5) is 0 Å². The van der Waals surface area contributed by atoms with Gasteiger partial charge in [-0.3, -0.25) is 9.59 Å². The van der Waals surface area contributed by atoms with Crippen LogP contribution in [-0.4, -0.2) is 113 Å². The van der Waals surface area contributed by atoms with Crippen LogP contribution in [0.3, 0.4) is 0 Å². The average molecular weight is 1160 g/mol. The summed E-state index contributed by atoms with van der Waals surface area (Å²) in [6, 6.07) is 0. The Balaban J connectivity index is 0.000000221. The van der Waals surface area contributed by atoms with Crippen LogP contribution in [-0.2, 0) is 38.0 Å². The van der Waals surface area contributed by atoms with Crippen LogP contribution in [0.25, 0.3) is 0 Å². The summed E-state index contributed by atoms with van der Waals surface area (Å²) in [5.41, 5.74) is -3.20. The van der Waals surface area contributed by atoms with E-state index in [1.165, 1.54) is 0 Å². The predicted octanol–water partition coefficient (Wildman–Crippen LogP) is 9.99. The number of rotatable bonds is 3. The molecular formula is C69H117NaO12. The third-order valence-electron chi connectivity index (χ3n) is 27.5. The minimum absolute atomic E-state index is 0. The topological polar surface area (TPSA) is 170 Å². The van der Waals surface area contributed by atoms with E-state index in [0.717, 1.165) is 77.0 Å². The maximum atomic E-state index is 13.7. The van der Waals surface area contributed by atoms with Crippen molar-refractivity contribution >= 4 is 11.6 Å². The van der Waals surface area contributed by atoms with Crippen LogP contribution in [0.2, 0.25) is 0 Å². The molecule has 0 aromatic heterocycles. The molecule has 4 N–H and O–H groups in total. The molecule has 12 aliphatic rings. The van der Waals surface area contributed by atoms with Gasteiger partial charge in [0.25, 0.3) is 0 Å². The number of hydrogen-bond donors (Lipinski definition) is 4. The van der Waals surface area contributed by atoms with Crippen LogP contribution in [0, 0.1) is 102 Å². The Morgan fingerprint density at radius 1 is 0.476 bits per heavy atom. The molecule has 3 spiro atoms. The Morgan fingerprint density at radius 3 is 1.16 bits per heavy atom. The minimum Gasteiger partial charge on any atom is -1.00 e. The van der Waals surface area contributed by atoms with Gasteiger partial charge in [0.2, 0.25) is 0 Å². The first-order valence-electron chi connectivity index (χ1n) is 31.0. The number of aliphatic hydroxyl groups is 4. The molecule has 12 rings (SSSR count). The minimum atomic E-state index is -0.778. The molecule has 9 aliphatic carbocycles. The SMILES string of the molecule is C.C.C.C=C[C@@]1(C)CC(=O)[C@@]2(C)C3C4(CC[C@@]3(CC[C@H]2C)[C@@H](C)C1=O)OCCO4.C=C[C@@]1(C)C[C@@H](O)[C@@]2(C)C3C4(CC[C@@]3(CC[C@H]2C)[C@@H](C)[C@@H]1O)OCCO4.C=C[C@@]1(C)C[C@@H](O)[C@@]2(C)C3C4(CC[C@@]3(CC[C@H]2C)[C@@H](C)[C@@H]1O)OCCO4.[H-].[Na+]. The van der Waals surface area contributed by atoms with E-state index in [1.807, 2.05) is 19.1 Å². The van der Waals surface area contributed by atoms with E-state index >= 15 is 0 Å². The maximum Gasteiger partial charge on any atom is 1.00 e. The molecule has 0 radical (unpaired) electrons.